The summed E-state index contributed by atoms with van der Waals surface area (Å²) >= 11 is 0. The molecule has 0 aliphatic heterocycles. The fourth-order valence-corrected chi connectivity index (χ4v) is 0.391. The van der Waals surface area contributed by atoms with Crippen LogP contribution in [0.3, 0.4) is 0 Å². The van der Waals surface area contributed by atoms with Crippen molar-refractivity contribution < 1.29 is 22.6 Å². The van der Waals surface area contributed by atoms with Crippen LogP contribution in [0.2, 0.25) is 0 Å². The molecular weight excluding hydrogens is 149 g/mol. The lowest BCUT2D eigenvalue weighted by molar-refractivity contribution is -0.325. The molecule has 0 aromatic rings. The molecule has 62 valence electrons. The summed E-state index contributed by atoms with van der Waals surface area (Å²) in [6.45, 7) is -0.0482. The Morgan fingerprint density at radius 1 is 1.20 bits per heavy atom. The molecule has 0 saturated carbocycles. The number of hydrogen-bond acceptors (Lipinski definition) is 2. The van der Waals surface area contributed by atoms with Crippen LogP contribution in [0.1, 0.15) is 6.42 Å². The lowest BCUT2D eigenvalue weighted by atomic mass is 10.5. The van der Waals surface area contributed by atoms with Crippen LogP contribution >= 0.6 is 0 Å². The van der Waals surface area contributed by atoms with Crippen molar-refractivity contribution in [3.05, 3.63) is 0 Å². The molecule has 0 unspecified atom stereocenters. The molecule has 0 amide bonds. The molecule has 0 radical (unpaired) electrons. The van der Waals surface area contributed by atoms with Crippen molar-refractivity contribution in [2.24, 2.45) is 0 Å². The summed E-state index contributed by atoms with van der Waals surface area (Å²) in [6.07, 6.45) is -4.25. The average molecular weight is 158 g/mol. The molecule has 0 aliphatic rings. The first-order valence-corrected chi connectivity index (χ1v) is 2.76. The third-order valence-corrected chi connectivity index (χ3v) is 0.759. The van der Waals surface area contributed by atoms with Gasteiger partial charge in [0, 0.05) is 13.7 Å². The number of hydrogen-bond donors (Lipinski definition) is 0. The maximum Gasteiger partial charge on any atom is 0.522 e. The zero-order valence-corrected chi connectivity index (χ0v) is 5.57. The van der Waals surface area contributed by atoms with Crippen LogP contribution in [0.25, 0.3) is 0 Å². The molecular formula is C5H9F3O2. The highest BCUT2D eigenvalue weighted by Gasteiger charge is 2.28. The molecule has 0 spiro atoms. The summed E-state index contributed by atoms with van der Waals surface area (Å²) in [7, 11) is 1.42. The minimum atomic E-state index is -4.51. The van der Waals surface area contributed by atoms with Gasteiger partial charge in [0.15, 0.2) is 0 Å². The van der Waals surface area contributed by atoms with Gasteiger partial charge in [0.05, 0.1) is 6.61 Å². The van der Waals surface area contributed by atoms with Crippen molar-refractivity contribution in [2.75, 3.05) is 20.3 Å². The van der Waals surface area contributed by atoms with E-state index in [1.165, 1.54) is 7.11 Å². The number of rotatable bonds is 4. The second-order valence-electron chi connectivity index (χ2n) is 1.64. The van der Waals surface area contributed by atoms with Crippen molar-refractivity contribution in [1.82, 2.24) is 0 Å². The summed E-state index contributed by atoms with van der Waals surface area (Å²) in [5, 5.41) is 0. The third kappa shape index (κ3) is 7.71. The fourth-order valence-electron chi connectivity index (χ4n) is 0.391. The SMILES string of the molecule is COCCCOC(F)(F)F. The second kappa shape index (κ2) is 4.51. The minimum Gasteiger partial charge on any atom is -0.385 e. The van der Waals surface area contributed by atoms with E-state index in [0.29, 0.717) is 0 Å². The first-order chi connectivity index (χ1) is 4.56. The summed E-state index contributed by atoms with van der Waals surface area (Å²) in [4.78, 5) is 0. The summed E-state index contributed by atoms with van der Waals surface area (Å²) in [5.41, 5.74) is 0. The number of halogens is 3. The van der Waals surface area contributed by atoms with Crippen LogP contribution in [0.15, 0.2) is 0 Å². The highest BCUT2D eigenvalue weighted by Crippen LogP contribution is 2.15. The Hall–Kier alpha value is -0.290. The number of methoxy groups -OCH3 is 1. The molecule has 0 heterocycles. The van der Waals surface area contributed by atoms with Crippen molar-refractivity contribution in [3.63, 3.8) is 0 Å². The topological polar surface area (TPSA) is 18.5 Å². The molecule has 2 nitrogen and oxygen atoms in total. The largest absolute Gasteiger partial charge is 0.522 e. The fraction of sp³-hybridized carbons (Fsp3) is 1.00. The van der Waals surface area contributed by atoms with Gasteiger partial charge in [-0.2, -0.15) is 0 Å². The van der Waals surface area contributed by atoms with Crippen LogP contribution in [-0.2, 0) is 9.47 Å². The lowest BCUT2D eigenvalue weighted by Crippen LogP contribution is -2.14. The predicted molar refractivity (Wildman–Crippen MR) is 28.5 cm³/mol. The average Bonchev–Trinajstić information content (AvgIpc) is 1.78. The van der Waals surface area contributed by atoms with Gasteiger partial charge >= 0.3 is 6.36 Å². The molecule has 5 heteroatoms. The minimum absolute atomic E-state index is 0.260. The van der Waals surface area contributed by atoms with E-state index in [-0.39, 0.29) is 19.6 Å². The van der Waals surface area contributed by atoms with Gasteiger partial charge in [-0.3, -0.25) is 4.74 Å². The van der Waals surface area contributed by atoms with E-state index in [2.05, 4.69) is 9.47 Å². The Morgan fingerprint density at radius 3 is 2.20 bits per heavy atom. The number of alkyl halides is 3. The molecule has 0 atom stereocenters. The standard InChI is InChI=1S/C5H9F3O2/c1-9-3-2-4-10-5(6,7)8/h2-4H2,1H3. The highest BCUT2D eigenvalue weighted by atomic mass is 19.4. The van der Waals surface area contributed by atoms with E-state index in [9.17, 15) is 13.2 Å². The smallest absolute Gasteiger partial charge is 0.385 e. The van der Waals surface area contributed by atoms with Crippen LogP contribution in [0.4, 0.5) is 13.2 Å². The Bertz CT molecular complexity index is 81.5. The van der Waals surface area contributed by atoms with Gasteiger partial charge in [-0.25, -0.2) is 0 Å². The van der Waals surface area contributed by atoms with E-state index in [4.69, 9.17) is 0 Å². The van der Waals surface area contributed by atoms with E-state index >= 15 is 0 Å². The van der Waals surface area contributed by atoms with Crippen molar-refractivity contribution in [2.45, 2.75) is 12.8 Å². The predicted octanol–water partition coefficient (Wildman–Crippen LogP) is 1.56. The van der Waals surface area contributed by atoms with Gasteiger partial charge in [-0.15, -0.1) is 13.2 Å². The maximum atomic E-state index is 11.2. The summed E-state index contributed by atoms with van der Waals surface area (Å²) in [5.74, 6) is 0. The summed E-state index contributed by atoms with van der Waals surface area (Å²) < 4.78 is 41.6. The molecule has 0 aromatic carbocycles. The van der Waals surface area contributed by atoms with Gasteiger partial charge in [-0.05, 0) is 6.42 Å². The van der Waals surface area contributed by atoms with Crippen molar-refractivity contribution in [1.29, 1.82) is 0 Å². The normalized spacial score (nSPS) is 12.0. The van der Waals surface area contributed by atoms with E-state index in [1.807, 2.05) is 0 Å². The lowest BCUT2D eigenvalue weighted by Gasteiger charge is -2.05. The van der Waals surface area contributed by atoms with Crippen LogP contribution < -0.4 is 0 Å². The molecule has 0 N–H and O–H groups in total. The highest BCUT2D eigenvalue weighted by molar-refractivity contribution is 4.34. The van der Waals surface area contributed by atoms with E-state index < -0.39 is 6.36 Å². The third-order valence-electron chi connectivity index (χ3n) is 0.759. The Labute approximate surface area is 56.9 Å². The zero-order chi connectivity index (χ0) is 8.04. The van der Waals surface area contributed by atoms with Gasteiger partial charge in [-0.1, -0.05) is 0 Å². The van der Waals surface area contributed by atoms with Gasteiger partial charge < -0.3 is 4.74 Å². The van der Waals surface area contributed by atoms with Gasteiger partial charge in [0.1, 0.15) is 0 Å². The molecule has 0 aliphatic carbocycles. The molecule has 0 aromatic heterocycles. The molecule has 0 rings (SSSR count). The Kier molecular flexibility index (Phi) is 4.38. The maximum absolute atomic E-state index is 11.2. The van der Waals surface area contributed by atoms with E-state index in [1.54, 1.807) is 0 Å². The van der Waals surface area contributed by atoms with Crippen LogP contribution in [0.5, 0.6) is 0 Å². The van der Waals surface area contributed by atoms with Crippen molar-refractivity contribution >= 4 is 0 Å². The van der Waals surface area contributed by atoms with E-state index in [0.717, 1.165) is 0 Å². The molecule has 0 bridgehead atoms. The Balaban J connectivity index is 3.04. The molecule has 0 fully saturated rings. The first-order valence-electron chi connectivity index (χ1n) is 2.76. The summed E-state index contributed by atoms with van der Waals surface area (Å²) in [6, 6.07) is 0. The second-order valence-corrected chi connectivity index (χ2v) is 1.64. The van der Waals surface area contributed by atoms with Crippen LogP contribution in [-0.4, -0.2) is 26.7 Å². The molecule has 0 saturated heterocycles. The number of ether oxygens (including phenoxy) is 2. The zero-order valence-electron chi connectivity index (χ0n) is 5.57. The van der Waals surface area contributed by atoms with Crippen LogP contribution in [0, 0.1) is 0 Å². The first kappa shape index (κ1) is 9.71. The van der Waals surface area contributed by atoms with Gasteiger partial charge in [0.2, 0.25) is 0 Å². The molecule has 10 heavy (non-hydrogen) atoms. The Morgan fingerprint density at radius 2 is 1.80 bits per heavy atom. The van der Waals surface area contributed by atoms with Gasteiger partial charge in [0.25, 0.3) is 0 Å². The quantitative estimate of drug-likeness (QED) is 0.578. The van der Waals surface area contributed by atoms with Crippen molar-refractivity contribution in [3.8, 4) is 0 Å². The monoisotopic (exact) mass is 158 g/mol.